The van der Waals surface area contributed by atoms with E-state index in [1.807, 2.05) is 0 Å². The summed E-state index contributed by atoms with van der Waals surface area (Å²) in [6.45, 7) is 3.32. The molecule has 0 spiro atoms. The number of aromatic nitrogens is 2. The van der Waals surface area contributed by atoms with Gasteiger partial charge in [0.2, 0.25) is 0 Å². The minimum Gasteiger partial charge on any atom is -0.375 e. The van der Waals surface area contributed by atoms with E-state index in [0.717, 1.165) is 43.8 Å². The van der Waals surface area contributed by atoms with E-state index in [4.69, 9.17) is 17.2 Å². The number of rotatable bonds is 3. The smallest absolute Gasteiger partial charge is 0.180 e. The molecule has 0 aliphatic heterocycles. The van der Waals surface area contributed by atoms with Crippen molar-refractivity contribution < 1.29 is 0 Å². The third-order valence-electron chi connectivity index (χ3n) is 4.63. The molecule has 6 nitrogen and oxygen atoms in total. The zero-order valence-electron chi connectivity index (χ0n) is 15.9. The number of hydrogen-bond acceptors (Lipinski definition) is 8. The lowest BCUT2D eigenvalue weighted by Crippen LogP contribution is -2.34. The van der Waals surface area contributed by atoms with Crippen LogP contribution in [0.4, 0.5) is 10.3 Å². The number of fused-ring (bicyclic) bond motifs is 2. The number of hydrogen-bond donors (Lipinski definition) is 4. The van der Waals surface area contributed by atoms with E-state index in [0.29, 0.717) is 17.2 Å². The first-order valence-electron chi connectivity index (χ1n) is 9.16. The van der Waals surface area contributed by atoms with Gasteiger partial charge in [0.1, 0.15) is 0 Å². The Balaban J connectivity index is 0.000000254. The summed E-state index contributed by atoms with van der Waals surface area (Å²) in [6, 6.07) is 0.963. The van der Waals surface area contributed by atoms with Gasteiger partial charge in [-0.25, -0.2) is 9.97 Å². The zero-order valence-corrected chi connectivity index (χ0v) is 24.2. The summed E-state index contributed by atoms with van der Waals surface area (Å²) in [5.41, 5.74) is 19.5. The molecular formula is C17H29I3N6S2. The molecule has 0 saturated heterocycles. The summed E-state index contributed by atoms with van der Waals surface area (Å²) in [7, 11) is 0. The van der Waals surface area contributed by atoms with Gasteiger partial charge >= 0.3 is 0 Å². The molecule has 160 valence electrons. The lowest BCUT2D eigenvalue weighted by Gasteiger charge is -2.21. The molecule has 4 rings (SSSR count). The van der Waals surface area contributed by atoms with Crippen molar-refractivity contribution in [3.63, 3.8) is 0 Å². The zero-order chi connectivity index (χ0) is 19.8. The van der Waals surface area contributed by atoms with Gasteiger partial charge in [-0.2, -0.15) is 0 Å². The Hall–Kier alpha value is 0.970. The Morgan fingerprint density at radius 1 is 1.00 bits per heavy atom. The Bertz CT molecular complexity index is 709. The molecule has 0 aromatic carbocycles. The van der Waals surface area contributed by atoms with Crippen LogP contribution in [0.2, 0.25) is 0 Å². The minimum absolute atomic E-state index is 0. The molecule has 0 fully saturated rings. The second kappa shape index (κ2) is 14.1. The molecule has 11 heteroatoms. The highest BCUT2D eigenvalue weighted by Crippen LogP contribution is 2.28. The molecule has 2 aliphatic rings. The van der Waals surface area contributed by atoms with E-state index in [2.05, 4.69) is 59.4 Å². The van der Waals surface area contributed by atoms with Crippen molar-refractivity contribution in [2.75, 3.05) is 18.0 Å². The van der Waals surface area contributed by atoms with E-state index in [9.17, 15) is 0 Å². The summed E-state index contributed by atoms with van der Waals surface area (Å²) < 4.78 is 0. The molecule has 2 atom stereocenters. The maximum absolute atomic E-state index is 5.80. The fourth-order valence-corrected chi connectivity index (χ4v) is 5.27. The number of thiazole rings is 2. The van der Waals surface area contributed by atoms with Crippen LogP contribution in [0.5, 0.6) is 0 Å². The van der Waals surface area contributed by atoms with Crippen molar-refractivity contribution in [1.29, 1.82) is 0 Å². The van der Waals surface area contributed by atoms with Crippen LogP contribution in [0.1, 0.15) is 47.3 Å². The largest absolute Gasteiger partial charge is 0.375 e. The van der Waals surface area contributed by atoms with Crippen LogP contribution in [0, 0.1) is 0 Å². The van der Waals surface area contributed by atoms with Gasteiger partial charge < -0.3 is 22.5 Å². The van der Waals surface area contributed by atoms with Crippen molar-refractivity contribution >= 4 is 94.1 Å². The highest BCUT2D eigenvalue weighted by Gasteiger charge is 2.21. The molecule has 0 saturated carbocycles. The van der Waals surface area contributed by atoms with Gasteiger partial charge in [0, 0.05) is 59.1 Å². The second-order valence-corrected chi connectivity index (χ2v) is 8.97. The Morgan fingerprint density at radius 2 is 1.54 bits per heavy atom. The van der Waals surface area contributed by atoms with E-state index in [1.165, 1.54) is 34.0 Å². The van der Waals surface area contributed by atoms with Crippen LogP contribution in [-0.2, 0) is 25.7 Å². The minimum atomic E-state index is 0. The second-order valence-electron chi connectivity index (χ2n) is 6.74. The van der Waals surface area contributed by atoms with E-state index in [-0.39, 0.29) is 24.0 Å². The van der Waals surface area contributed by atoms with Crippen molar-refractivity contribution in [2.24, 2.45) is 5.73 Å². The molecule has 2 aromatic heterocycles. The van der Waals surface area contributed by atoms with Crippen LogP contribution in [0.15, 0.2) is 0 Å². The van der Waals surface area contributed by atoms with E-state index < -0.39 is 0 Å². The van der Waals surface area contributed by atoms with Crippen molar-refractivity contribution in [2.45, 2.75) is 64.0 Å². The summed E-state index contributed by atoms with van der Waals surface area (Å²) in [5.74, 6) is 0. The topological polar surface area (TPSA) is 116 Å². The number of halogens is 3. The van der Waals surface area contributed by atoms with Crippen LogP contribution >= 0.6 is 83.9 Å². The Morgan fingerprint density at radius 3 is 2.11 bits per heavy atom. The average Bonchev–Trinajstić information content (AvgIpc) is 3.21. The molecule has 0 bridgehead atoms. The number of nitrogens with zero attached hydrogens (tertiary/aromatic N) is 2. The molecule has 28 heavy (non-hydrogen) atoms. The Kier molecular flexibility index (Phi) is 13.6. The SMILES string of the molecule is CCCNC1CCc2nc(N)sc2C1.I.II.Nc1nc2c(s1)CC(N)CC2. The number of nitrogens with two attached hydrogens (primary N) is 3. The monoisotopic (exact) mass is 762 g/mol. The average molecular weight is 762 g/mol. The van der Waals surface area contributed by atoms with Crippen LogP contribution in [-0.4, -0.2) is 28.6 Å². The van der Waals surface area contributed by atoms with Gasteiger partial charge in [0.25, 0.3) is 0 Å². The van der Waals surface area contributed by atoms with E-state index >= 15 is 0 Å². The maximum Gasteiger partial charge on any atom is 0.180 e. The molecular weight excluding hydrogens is 733 g/mol. The van der Waals surface area contributed by atoms with Gasteiger partial charge in [-0.3, -0.25) is 0 Å². The lowest BCUT2D eigenvalue weighted by atomic mass is 9.98. The first-order valence-corrected chi connectivity index (χ1v) is 17.1. The van der Waals surface area contributed by atoms with Gasteiger partial charge in [0.15, 0.2) is 10.3 Å². The third-order valence-corrected chi connectivity index (χ3v) is 6.53. The van der Waals surface area contributed by atoms with Crippen LogP contribution < -0.4 is 22.5 Å². The van der Waals surface area contributed by atoms with E-state index in [1.54, 1.807) is 22.7 Å². The Labute approximate surface area is 215 Å². The fraction of sp³-hybridized carbons (Fsp3) is 0.647. The summed E-state index contributed by atoms with van der Waals surface area (Å²) in [5, 5.41) is 4.97. The maximum atomic E-state index is 5.80. The molecule has 0 amide bonds. The molecule has 2 aliphatic carbocycles. The normalized spacial score (nSPS) is 19.7. The van der Waals surface area contributed by atoms with Gasteiger partial charge in [0.05, 0.1) is 11.4 Å². The predicted octanol–water partition coefficient (Wildman–Crippen LogP) is 4.51. The first-order chi connectivity index (χ1) is 13.0. The standard InChI is InChI=1S/C10H17N3S.C7H11N3S.I2.HI/c1-2-5-12-7-3-4-8-9(6-7)14-10(11)13-8;8-4-1-2-5-6(3-4)11-7(9)10-5;1-2;/h7,12H,2-6H2,1H3,(H2,11,13);4H,1-3,8H2,(H2,9,10);;1H. The lowest BCUT2D eigenvalue weighted by molar-refractivity contribution is 0.460. The predicted molar refractivity (Wildman–Crippen MR) is 151 cm³/mol. The first kappa shape index (κ1) is 27.0. The number of anilines is 2. The summed E-state index contributed by atoms with van der Waals surface area (Å²) in [6.07, 6.45) is 7.63. The van der Waals surface area contributed by atoms with Crippen molar-refractivity contribution in [1.82, 2.24) is 15.3 Å². The van der Waals surface area contributed by atoms with Crippen molar-refractivity contribution in [3.05, 3.63) is 21.1 Å². The summed E-state index contributed by atoms with van der Waals surface area (Å²) >= 11 is 7.47. The molecule has 7 N–H and O–H groups in total. The highest BCUT2D eigenvalue weighted by atomic mass is 128. The quantitative estimate of drug-likeness (QED) is 0.343. The van der Waals surface area contributed by atoms with Gasteiger partial charge in [-0.05, 0) is 51.5 Å². The summed E-state index contributed by atoms with van der Waals surface area (Å²) in [4.78, 5) is 11.2. The molecule has 2 heterocycles. The number of nitrogens with one attached hydrogen (secondary N) is 1. The fourth-order valence-electron chi connectivity index (χ4n) is 3.34. The number of nitrogen functional groups attached to an aromatic ring is 2. The molecule has 2 aromatic rings. The molecule has 2 unspecified atom stereocenters. The van der Waals surface area contributed by atoms with Gasteiger partial charge in [-0.1, -0.05) is 6.92 Å². The van der Waals surface area contributed by atoms with Crippen LogP contribution in [0.25, 0.3) is 0 Å². The molecule has 0 radical (unpaired) electrons. The number of aryl methyl sites for hydroxylation is 2. The van der Waals surface area contributed by atoms with Crippen LogP contribution in [0.3, 0.4) is 0 Å². The van der Waals surface area contributed by atoms with Gasteiger partial charge in [-0.15, -0.1) is 46.7 Å². The van der Waals surface area contributed by atoms with Crippen molar-refractivity contribution in [3.8, 4) is 0 Å². The third kappa shape index (κ3) is 8.24. The highest BCUT2D eigenvalue weighted by molar-refractivity contribution is 15.0.